The molecule has 0 amide bonds. The molecule has 2 nitrogen and oxygen atoms in total. The maximum absolute atomic E-state index is 11.9. The zero-order valence-corrected chi connectivity index (χ0v) is 9.07. The van der Waals surface area contributed by atoms with Crippen LogP contribution in [0.5, 0.6) is 0 Å². The molecule has 2 aliphatic rings. The molecule has 2 heteroatoms. The highest BCUT2D eigenvalue weighted by atomic mass is 16.3. The molecular weight excluding hydrogens is 176 g/mol. The molecule has 0 aromatic rings. The van der Waals surface area contributed by atoms with Gasteiger partial charge < -0.3 is 5.11 Å². The summed E-state index contributed by atoms with van der Waals surface area (Å²) in [6.07, 6.45) is 3.22. The second kappa shape index (κ2) is 3.65. The monoisotopic (exact) mass is 196 g/mol. The number of Topliss-reactive ketones (excluding diaryl/α,β-unsaturated/α-hetero) is 1. The van der Waals surface area contributed by atoms with Crippen molar-refractivity contribution in [3.63, 3.8) is 0 Å². The number of fused-ring (bicyclic) bond motifs is 1. The summed E-state index contributed by atoms with van der Waals surface area (Å²) in [6, 6.07) is 0. The number of aliphatic hydroxyl groups excluding tert-OH is 1. The van der Waals surface area contributed by atoms with E-state index in [0.29, 0.717) is 30.0 Å². The molecule has 5 atom stereocenters. The third-order valence-corrected chi connectivity index (χ3v) is 4.21. The van der Waals surface area contributed by atoms with Crippen LogP contribution in [-0.2, 0) is 4.79 Å². The van der Waals surface area contributed by atoms with E-state index in [1.807, 2.05) is 0 Å². The van der Waals surface area contributed by atoms with Crippen LogP contribution in [0.4, 0.5) is 0 Å². The van der Waals surface area contributed by atoms with Crippen LogP contribution in [0.25, 0.3) is 0 Å². The topological polar surface area (TPSA) is 37.3 Å². The van der Waals surface area contributed by atoms with Crippen molar-refractivity contribution >= 4 is 5.78 Å². The fourth-order valence-electron chi connectivity index (χ4n) is 3.49. The number of carbonyl (C=O) groups is 1. The van der Waals surface area contributed by atoms with Crippen molar-refractivity contribution < 1.29 is 9.90 Å². The molecule has 0 radical (unpaired) electrons. The van der Waals surface area contributed by atoms with Crippen LogP contribution in [-0.4, -0.2) is 17.0 Å². The average Bonchev–Trinajstić information content (AvgIpc) is 2.41. The summed E-state index contributed by atoms with van der Waals surface area (Å²) in [4.78, 5) is 11.9. The first-order valence-electron chi connectivity index (χ1n) is 5.80. The number of ketones is 1. The Hall–Kier alpha value is -0.370. The summed E-state index contributed by atoms with van der Waals surface area (Å²) in [6.45, 7) is 4.38. The zero-order valence-electron chi connectivity index (χ0n) is 9.07. The number of carbonyl (C=O) groups excluding carboxylic acids is 1. The van der Waals surface area contributed by atoms with Gasteiger partial charge >= 0.3 is 0 Å². The minimum Gasteiger partial charge on any atom is -0.393 e. The Kier molecular flexibility index (Phi) is 2.65. The van der Waals surface area contributed by atoms with Gasteiger partial charge in [0.15, 0.2) is 0 Å². The van der Waals surface area contributed by atoms with Gasteiger partial charge in [-0.1, -0.05) is 13.8 Å². The molecule has 2 saturated carbocycles. The third kappa shape index (κ3) is 1.60. The van der Waals surface area contributed by atoms with E-state index in [1.54, 1.807) is 0 Å². The highest BCUT2D eigenvalue weighted by molar-refractivity contribution is 5.82. The van der Waals surface area contributed by atoms with Crippen LogP contribution in [0.1, 0.15) is 39.5 Å². The molecule has 0 saturated heterocycles. The molecule has 80 valence electrons. The Bertz CT molecular complexity index is 236. The van der Waals surface area contributed by atoms with Crippen LogP contribution < -0.4 is 0 Å². The van der Waals surface area contributed by atoms with Gasteiger partial charge in [-0.15, -0.1) is 0 Å². The van der Waals surface area contributed by atoms with E-state index in [2.05, 4.69) is 13.8 Å². The normalized spacial score (nSPS) is 48.8. The van der Waals surface area contributed by atoms with Gasteiger partial charge in [-0.25, -0.2) is 0 Å². The van der Waals surface area contributed by atoms with Gasteiger partial charge in [-0.05, 0) is 37.0 Å². The first kappa shape index (κ1) is 10.2. The highest BCUT2D eigenvalue weighted by Gasteiger charge is 2.43. The van der Waals surface area contributed by atoms with Crippen LogP contribution >= 0.6 is 0 Å². The van der Waals surface area contributed by atoms with Gasteiger partial charge in [-0.2, -0.15) is 0 Å². The van der Waals surface area contributed by atoms with Gasteiger partial charge in [-0.3, -0.25) is 4.79 Å². The van der Waals surface area contributed by atoms with Gasteiger partial charge in [0.25, 0.3) is 0 Å². The Labute approximate surface area is 85.7 Å². The predicted octanol–water partition coefficient (Wildman–Crippen LogP) is 2.01. The molecule has 1 N–H and O–H groups in total. The van der Waals surface area contributed by atoms with Crippen molar-refractivity contribution in [3.8, 4) is 0 Å². The van der Waals surface area contributed by atoms with Gasteiger partial charge in [0.2, 0.25) is 0 Å². The van der Waals surface area contributed by atoms with Crippen molar-refractivity contribution in [1.29, 1.82) is 0 Å². The standard InChI is InChI=1S/C12H20O2/c1-7-3-4-10-8(2)5-9(13)6-11(14)12(7)10/h7-10,12-13H,3-6H2,1-2H3/t7-,8-,9-,10-,12+/m0/s1. The van der Waals surface area contributed by atoms with E-state index in [1.165, 1.54) is 12.8 Å². The Morgan fingerprint density at radius 1 is 1.21 bits per heavy atom. The van der Waals surface area contributed by atoms with E-state index in [-0.39, 0.29) is 12.0 Å². The summed E-state index contributed by atoms with van der Waals surface area (Å²) in [5, 5.41) is 9.65. The summed E-state index contributed by atoms with van der Waals surface area (Å²) in [7, 11) is 0. The first-order chi connectivity index (χ1) is 6.59. The van der Waals surface area contributed by atoms with Crippen molar-refractivity contribution in [2.75, 3.05) is 0 Å². The SMILES string of the molecule is C[C@H]1C[C@H](O)CC(=O)[C@H]2[C@H]1CC[C@@H]2C. The lowest BCUT2D eigenvalue weighted by molar-refractivity contribution is -0.126. The molecule has 0 aliphatic heterocycles. The molecule has 0 aromatic carbocycles. The lowest BCUT2D eigenvalue weighted by Gasteiger charge is -2.23. The molecule has 0 spiro atoms. The average molecular weight is 196 g/mol. The van der Waals surface area contributed by atoms with Crippen molar-refractivity contribution in [3.05, 3.63) is 0 Å². The second-order valence-corrected chi connectivity index (χ2v) is 5.28. The molecule has 2 fully saturated rings. The molecule has 14 heavy (non-hydrogen) atoms. The van der Waals surface area contributed by atoms with Gasteiger partial charge in [0, 0.05) is 12.3 Å². The molecule has 0 heterocycles. The van der Waals surface area contributed by atoms with Crippen LogP contribution in [0, 0.1) is 23.7 Å². The second-order valence-electron chi connectivity index (χ2n) is 5.28. The van der Waals surface area contributed by atoms with E-state index in [9.17, 15) is 9.90 Å². The maximum atomic E-state index is 11.9. The maximum Gasteiger partial charge on any atom is 0.139 e. The largest absolute Gasteiger partial charge is 0.393 e. The summed E-state index contributed by atoms with van der Waals surface area (Å²) < 4.78 is 0. The lowest BCUT2D eigenvalue weighted by atomic mass is 9.81. The number of aliphatic hydroxyl groups is 1. The van der Waals surface area contributed by atoms with Gasteiger partial charge in [0.1, 0.15) is 5.78 Å². The molecule has 2 aliphatic carbocycles. The van der Waals surface area contributed by atoms with E-state index >= 15 is 0 Å². The summed E-state index contributed by atoms with van der Waals surface area (Å²) >= 11 is 0. The zero-order chi connectivity index (χ0) is 10.3. The van der Waals surface area contributed by atoms with Crippen molar-refractivity contribution in [2.45, 2.75) is 45.6 Å². The molecule has 0 unspecified atom stereocenters. The lowest BCUT2D eigenvalue weighted by Crippen LogP contribution is -2.24. The predicted molar refractivity (Wildman–Crippen MR) is 54.8 cm³/mol. The molecule has 2 rings (SSSR count). The van der Waals surface area contributed by atoms with Crippen LogP contribution in [0.2, 0.25) is 0 Å². The van der Waals surface area contributed by atoms with Crippen molar-refractivity contribution in [2.24, 2.45) is 23.7 Å². The smallest absolute Gasteiger partial charge is 0.139 e. The molecule has 0 bridgehead atoms. The van der Waals surface area contributed by atoms with E-state index in [0.717, 1.165) is 6.42 Å². The van der Waals surface area contributed by atoms with Crippen molar-refractivity contribution in [1.82, 2.24) is 0 Å². The Balaban J connectivity index is 2.21. The first-order valence-corrected chi connectivity index (χ1v) is 5.80. The third-order valence-electron chi connectivity index (χ3n) is 4.21. The van der Waals surface area contributed by atoms with Crippen LogP contribution in [0.3, 0.4) is 0 Å². The Morgan fingerprint density at radius 2 is 1.93 bits per heavy atom. The number of hydrogen-bond donors (Lipinski definition) is 1. The Morgan fingerprint density at radius 3 is 2.64 bits per heavy atom. The minimum absolute atomic E-state index is 0.252. The fourth-order valence-corrected chi connectivity index (χ4v) is 3.49. The van der Waals surface area contributed by atoms with Gasteiger partial charge in [0.05, 0.1) is 6.10 Å². The minimum atomic E-state index is -0.379. The number of rotatable bonds is 0. The molecule has 0 aromatic heterocycles. The van der Waals surface area contributed by atoms with Crippen LogP contribution in [0.15, 0.2) is 0 Å². The fraction of sp³-hybridized carbons (Fsp3) is 0.917. The summed E-state index contributed by atoms with van der Waals surface area (Å²) in [5.41, 5.74) is 0. The quantitative estimate of drug-likeness (QED) is 0.643. The highest BCUT2D eigenvalue weighted by Crippen LogP contribution is 2.45. The molecular formula is C12H20O2. The van der Waals surface area contributed by atoms with E-state index in [4.69, 9.17) is 0 Å². The summed E-state index contributed by atoms with van der Waals surface area (Å²) in [5.74, 6) is 2.18. The van der Waals surface area contributed by atoms with E-state index < -0.39 is 0 Å². The number of hydrogen-bond acceptors (Lipinski definition) is 2.